The van der Waals surface area contributed by atoms with Gasteiger partial charge in [0.15, 0.2) is 5.65 Å². The van der Waals surface area contributed by atoms with Gasteiger partial charge in [-0.15, -0.1) is 0 Å². The van der Waals surface area contributed by atoms with Gasteiger partial charge in [0, 0.05) is 12.4 Å². The molecule has 0 saturated carbocycles. The molecule has 0 amide bonds. The molecule has 0 fully saturated rings. The van der Waals surface area contributed by atoms with Gasteiger partial charge in [-0.1, -0.05) is 0 Å². The Balaban J connectivity index is 2.93. The van der Waals surface area contributed by atoms with Crippen molar-refractivity contribution in [2.45, 2.75) is 6.92 Å². The van der Waals surface area contributed by atoms with Crippen LogP contribution in [-0.2, 0) is 0 Å². The molecule has 0 radical (unpaired) electrons. The molecule has 0 aliphatic heterocycles. The summed E-state index contributed by atoms with van der Waals surface area (Å²) in [6.07, 6.45) is 3.34. The zero-order valence-electron chi connectivity index (χ0n) is 5.40. The molecule has 0 aliphatic rings. The second kappa shape index (κ2) is 1.98. The monoisotopic (exact) mass is 151 g/mol. The first-order valence-corrected chi connectivity index (χ1v) is 3.68. The first-order valence-electron chi connectivity index (χ1n) is 2.91. The second-order valence-corrected chi connectivity index (χ2v) is 2.94. The van der Waals surface area contributed by atoms with E-state index in [1.165, 1.54) is 11.5 Å². The normalized spacial score (nSPS) is 10.5. The molecule has 4 heteroatoms. The second-order valence-electron chi connectivity index (χ2n) is 1.97. The minimum absolute atomic E-state index is 0.755. The van der Waals surface area contributed by atoms with Crippen molar-refractivity contribution in [2.24, 2.45) is 0 Å². The summed E-state index contributed by atoms with van der Waals surface area (Å²) >= 11 is 1.44. The predicted octanol–water partition coefficient (Wildman–Crippen LogP) is 1.39. The summed E-state index contributed by atoms with van der Waals surface area (Å²) in [7, 11) is 0. The number of fused-ring (bicyclic) bond motifs is 1. The maximum Gasteiger partial charge on any atom is 0.191 e. The standard InChI is InChI=1S/C6H5N3S/c1-4-5-6(9-10-4)8-3-2-7-5/h2-3H,1H3. The molecule has 0 spiro atoms. The van der Waals surface area contributed by atoms with E-state index >= 15 is 0 Å². The van der Waals surface area contributed by atoms with Crippen LogP contribution >= 0.6 is 11.5 Å². The van der Waals surface area contributed by atoms with Crippen molar-refractivity contribution in [3.8, 4) is 0 Å². The van der Waals surface area contributed by atoms with Crippen LogP contribution in [0.25, 0.3) is 11.2 Å². The first kappa shape index (κ1) is 5.73. The molecule has 0 N–H and O–H groups in total. The highest BCUT2D eigenvalue weighted by atomic mass is 32.1. The van der Waals surface area contributed by atoms with E-state index in [1.54, 1.807) is 12.4 Å². The van der Waals surface area contributed by atoms with Gasteiger partial charge in [-0.25, -0.2) is 4.98 Å². The van der Waals surface area contributed by atoms with Crippen molar-refractivity contribution in [1.82, 2.24) is 14.3 Å². The third-order valence-electron chi connectivity index (χ3n) is 1.28. The average Bonchev–Trinajstić information content (AvgIpc) is 2.34. The maximum absolute atomic E-state index is 4.13. The van der Waals surface area contributed by atoms with Crippen molar-refractivity contribution in [3.05, 3.63) is 17.3 Å². The molecule has 2 aromatic heterocycles. The number of hydrogen-bond donors (Lipinski definition) is 0. The lowest BCUT2D eigenvalue weighted by Gasteiger charge is -1.83. The third kappa shape index (κ3) is 0.690. The highest BCUT2D eigenvalue weighted by Crippen LogP contribution is 2.15. The predicted molar refractivity (Wildman–Crippen MR) is 39.9 cm³/mol. The van der Waals surface area contributed by atoms with E-state index in [4.69, 9.17) is 0 Å². The van der Waals surface area contributed by atoms with Crippen molar-refractivity contribution >= 4 is 22.7 Å². The molecule has 0 atom stereocenters. The van der Waals surface area contributed by atoms with E-state index in [9.17, 15) is 0 Å². The van der Waals surface area contributed by atoms with Crippen LogP contribution in [0.15, 0.2) is 12.4 Å². The van der Waals surface area contributed by atoms with E-state index in [2.05, 4.69) is 14.3 Å². The Labute approximate surface area is 61.9 Å². The zero-order valence-corrected chi connectivity index (χ0v) is 6.22. The van der Waals surface area contributed by atoms with Crippen LogP contribution in [0, 0.1) is 6.92 Å². The molecule has 10 heavy (non-hydrogen) atoms. The maximum atomic E-state index is 4.13. The van der Waals surface area contributed by atoms with Crippen LogP contribution in [0.4, 0.5) is 0 Å². The van der Waals surface area contributed by atoms with Gasteiger partial charge in [-0.05, 0) is 18.5 Å². The lowest BCUT2D eigenvalue weighted by atomic mass is 10.4. The molecular formula is C6H5N3S. The van der Waals surface area contributed by atoms with E-state index in [1.807, 2.05) is 6.92 Å². The number of rotatable bonds is 0. The molecule has 2 aromatic rings. The fraction of sp³-hybridized carbons (Fsp3) is 0.167. The Kier molecular flexibility index (Phi) is 1.14. The van der Waals surface area contributed by atoms with Gasteiger partial charge in [-0.2, -0.15) is 4.37 Å². The van der Waals surface area contributed by atoms with Crippen LogP contribution in [-0.4, -0.2) is 14.3 Å². The van der Waals surface area contributed by atoms with Gasteiger partial charge in [-0.3, -0.25) is 4.98 Å². The molecule has 0 saturated heterocycles. The van der Waals surface area contributed by atoms with Gasteiger partial charge < -0.3 is 0 Å². The summed E-state index contributed by atoms with van der Waals surface area (Å²) in [5.41, 5.74) is 1.68. The van der Waals surface area contributed by atoms with Gasteiger partial charge >= 0.3 is 0 Å². The Morgan fingerprint density at radius 3 is 2.90 bits per heavy atom. The van der Waals surface area contributed by atoms with Crippen molar-refractivity contribution < 1.29 is 0 Å². The molecule has 0 aromatic carbocycles. The van der Waals surface area contributed by atoms with Crippen LogP contribution < -0.4 is 0 Å². The number of nitrogens with zero attached hydrogens (tertiary/aromatic N) is 3. The SMILES string of the molecule is Cc1snc2nccnc12. The zero-order chi connectivity index (χ0) is 6.97. The van der Waals surface area contributed by atoms with Crippen molar-refractivity contribution in [2.75, 3.05) is 0 Å². The van der Waals surface area contributed by atoms with E-state index < -0.39 is 0 Å². The van der Waals surface area contributed by atoms with Crippen LogP contribution in [0.3, 0.4) is 0 Å². The Bertz CT molecular complexity index is 355. The molecule has 50 valence electrons. The Morgan fingerprint density at radius 1 is 1.30 bits per heavy atom. The first-order chi connectivity index (χ1) is 4.88. The summed E-state index contributed by atoms with van der Waals surface area (Å²) in [5, 5.41) is 0. The van der Waals surface area contributed by atoms with E-state index in [0.29, 0.717) is 0 Å². The summed E-state index contributed by atoms with van der Waals surface area (Å²) in [6.45, 7) is 1.99. The largest absolute Gasteiger partial charge is 0.250 e. The highest BCUT2D eigenvalue weighted by molar-refractivity contribution is 7.07. The van der Waals surface area contributed by atoms with E-state index in [0.717, 1.165) is 16.0 Å². The fourth-order valence-electron chi connectivity index (χ4n) is 0.801. The summed E-state index contributed by atoms with van der Waals surface area (Å²) < 4.78 is 4.09. The third-order valence-corrected chi connectivity index (χ3v) is 2.01. The number of aromatic nitrogens is 3. The quantitative estimate of drug-likeness (QED) is 0.571. The van der Waals surface area contributed by atoms with Gasteiger partial charge in [0.1, 0.15) is 5.52 Å². The lowest BCUT2D eigenvalue weighted by molar-refractivity contribution is 1.27. The van der Waals surface area contributed by atoms with Crippen molar-refractivity contribution in [1.29, 1.82) is 0 Å². The van der Waals surface area contributed by atoms with Gasteiger partial charge in [0.25, 0.3) is 0 Å². The molecule has 0 aliphatic carbocycles. The van der Waals surface area contributed by atoms with Gasteiger partial charge in [0.05, 0.1) is 4.88 Å². The molecule has 3 nitrogen and oxygen atoms in total. The molecule has 2 heterocycles. The Morgan fingerprint density at radius 2 is 2.10 bits per heavy atom. The molecule has 0 bridgehead atoms. The minimum Gasteiger partial charge on any atom is -0.250 e. The smallest absolute Gasteiger partial charge is 0.191 e. The van der Waals surface area contributed by atoms with Gasteiger partial charge in [0.2, 0.25) is 0 Å². The highest BCUT2D eigenvalue weighted by Gasteiger charge is 2.00. The van der Waals surface area contributed by atoms with Crippen LogP contribution in [0.1, 0.15) is 4.88 Å². The average molecular weight is 151 g/mol. The fourth-order valence-corrected chi connectivity index (χ4v) is 1.39. The summed E-state index contributed by atoms with van der Waals surface area (Å²) in [5.74, 6) is 0. The number of aryl methyl sites for hydroxylation is 1. The Hall–Kier alpha value is -1.03. The van der Waals surface area contributed by atoms with Crippen LogP contribution in [0.2, 0.25) is 0 Å². The summed E-state index contributed by atoms with van der Waals surface area (Å²) in [4.78, 5) is 9.29. The lowest BCUT2D eigenvalue weighted by Crippen LogP contribution is -1.77. The molecular weight excluding hydrogens is 146 g/mol. The topological polar surface area (TPSA) is 38.7 Å². The minimum atomic E-state index is 0.755. The summed E-state index contributed by atoms with van der Waals surface area (Å²) in [6, 6.07) is 0. The number of hydrogen-bond acceptors (Lipinski definition) is 4. The molecule has 2 rings (SSSR count). The molecule has 0 unspecified atom stereocenters. The van der Waals surface area contributed by atoms with E-state index in [-0.39, 0.29) is 0 Å². The van der Waals surface area contributed by atoms with Crippen LogP contribution in [0.5, 0.6) is 0 Å². The van der Waals surface area contributed by atoms with Crippen molar-refractivity contribution in [3.63, 3.8) is 0 Å².